The predicted octanol–water partition coefficient (Wildman–Crippen LogP) is 2.04. The van der Waals surface area contributed by atoms with Crippen LogP contribution in [0.25, 0.3) is 0 Å². The highest BCUT2D eigenvalue weighted by Crippen LogP contribution is 2.26. The highest BCUT2D eigenvalue weighted by atomic mass is 16.6. The molecule has 0 N–H and O–H groups in total. The van der Waals surface area contributed by atoms with Crippen LogP contribution < -0.4 is 0 Å². The summed E-state index contributed by atoms with van der Waals surface area (Å²) in [6, 6.07) is -0.121. The highest BCUT2D eigenvalue weighted by molar-refractivity contribution is 5.96. The monoisotopic (exact) mass is 213 g/mol. The molecule has 1 aliphatic heterocycles. The molecule has 1 fully saturated rings. The fraction of sp³-hybridized carbons (Fsp3) is 0.818. The molecular weight excluding hydrogens is 194 g/mol. The Labute approximate surface area is 90.6 Å². The Bertz CT molecular complexity index is 278. The van der Waals surface area contributed by atoms with Gasteiger partial charge in [0.2, 0.25) is 5.91 Å². The maximum atomic E-state index is 12.0. The Balaban J connectivity index is 2.91. The van der Waals surface area contributed by atoms with Crippen LogP contribution in [-0.4, -0.2) is 29.5 Å². The number of cyclic esters (lactones) is 1. The number of rotatable bonds is 1. The van der Waals surface area contributed by atoms with Crippen LogP contribution in [0.5, 0.6) is 0 Å². The molecule has 1 saturated heterocycles. The number of ether oxygens (including phenoxy) is 1. The Morgan fingerprint density at radius 1 is 1.47 bits per heavy atom. The van der Waals surface area contributed by atoms with Crippen LogP contribution in [0.4, 0.5) is 4.79 Å². The summed E-state index contributed by atoms with van der Waals surface area (Å²) in [5.41, 5.74) is -0.545. The van der Waals surface area contributed by atoms with E-state index >= 15 is 0 Å². The maximum Gasteiger partial charge on any atom is 0.417 e. The van der Waals surface area contributed by atoms with Crippen molar-refractivity contribution in [1.82, 2.24) is 4.90 Å². The van der Waals surface area contributed by atoms with E-state index in [1.54, 1.807) is 20.8 Å². The van der Waals surface area contributed by atoms with Crippen molar-refractivity contribution in [3.63, 3.8) is 0 Å². The first kappa shape index (κ1) is 12.0. The van der Waals surface area contributed by atoms with E-state index in [1.165, 1.54) is 4.90 Å². The summed E-state index contributed by atoms with van der Waals surface area (Å²) in [7, 11) is 0. The minimum Gasteiger partial charge on any atom is -0.447 e. The third kappa shape index (κ3) is 2.30. The molecule has 1 atom stereocenters. The van der Waals surface area contributed by atoms with Gasteiger partial charge in [-0.3, -0.25) is 4.79 Å². The number of carbonyl (C=O) groups excluding carboxylic acids is 2. The van der Waals surface area contributed by atoms with Gasteiger partial charge in [0.1, 0.15) is 6.61 Å². The molecule has 4 heteroatoms. The molecule has 0 unspecified atom stereocenters. The van der Waals surface area contributed by atoms with Crippen LogP contribution in [0.15, 0.2) is 0 Å². The van der Waals surface area contributed by atoms with E-state index in [0.717, 1.165) is 0 Å². The average Bonchev–Trinajstić information content (AvgIpc) is 2.44. The molecule has 1 rings (SSSR count). The van der Waals surface area contributed by atoms with E-state index < -0.39 is 11.5 Å². The molecule has 0 aliphatic carbocycles. The first-order valence-corrected chi connectivity index (χ1v) is 5.25. The Morgan fingerprint density at radius 2 is 2.00 bits per heavy atom. The molecule has 0 aromatic rings. The number of nitrogens with zero attached hydrogens (tertiary/aromatic N) is 1. The Hall–Kier alpha value is -1.06. The molecule has 0 aromatic carbocycles. The topological polar surface area (TPSA) is 46.6 Å². The number of amides is 2. The van der Waals surface area contributed by atoms with E-state index in [2.05, 4.69) is 0 Å². The second-order valence-corrected chi connectivity index (χ2v) is 5.31. The minimum absolute atomic E-state index is 0.121. The summed E-state index contributed by atoms with van der Waals surface area (Å²) in [6.45, 7) is 9.69. The lowest BCUT2D eigenvalue weighted by Gasteiger charge is -2.28. The average molecular weight is 213 g/mol. The molecule has 0 radical (unpaired) electrons. The summed E-state index contributed by atoms with van der Waals surface area (Å²) in [5.74, 6) is 0.0615. The fourth-order valence-corrected chi connectivity index (χ4v) is 1.52. The lowest BCUT2D eigenvalue weighted by Crippen LogP contribution is -2.46. The number of hydrogen-bond acceptors (Lipinski definition) is 3. The zero-order valence-electron chi connectivity index (χ0n) is 10.0. The summed E-state index contributed by atoms with van der Waals surface area (Å²) >= 11 is 0. The lowest BCUT2D eigenvalue weighted by atomic mass is 9.93. The molecule has 0 saturated carbocycles. The van der Waals surface area contributed by atoms with Crippen LogP contribution >= 0.6 is 0 Å². The minimum atomic E-state index is -0.545. The molecule has 0 aromatic heterocycles. The van der Waals surface area contributed by atoms with Gasteiger partial charge < -0.3 is 4.74 Å². The molecule has 86 valence electrons. The van der Waals surface area contributed by atoms with E-state index in [-0.39, 0.29) is 17.9 Å². The molecule has 4 nitrogen and oxygen atoms in total. The number of hydrogen-bond donors (Lipinski definition) is 0. The van der Waals surface area contributed by atoms with Gasteiger partial charge in [-0.15, -0.1) is 0 Å². The Kier molecular flexibility index (Phi) is 3.07. The first-order valence-electron chi connectivity index (χ1n) is 5.25. The van der Waals surface area contributed by atoms with Gasteiger partial charge in [-0.25, -0.2) is 9.69 Å². The smallest absolute Gasteiger partial charge is 0.417 e. The van der Waals surface area contributed by atoms with Gasteiger partial charge in [0.25, 0.3) is 0 Å². The van der Waals surface area contributed by atoms with Gasteiger partial charge in [-0.2, -0.15) is 0 Å². The first-order chi connectivity index (χ1) is 6.75. The molecule has 0 spiro atoms. The van der Waals surface area contributed by atoms with Crippen LogP contribution in [0, 0.1) is 11.3 Å². The van der Waals surface area contributed by atoms with Gasteiger partial charge in [-0.05, 0) is 5.92 Å². The molecule has 2 amide bonds. The molecule has 0 bridgehead atoms. The van der Waals surface area contributed by atoms with Crippen molar-refractivity contribution < 1.29 is 14.3 Å². The third-order valence-electron chi connectivity index (χ3n) is 2.54. The number of carbonyl (C=O) groups is 2. The normalized spacial score (nSPS) is 22.1. The summed E-state index contributed by atoms with van der Waals surface area (Å²) < 4.78 is 4.92. The van der Waals surface area contributed by atoms with Crippen molar-refractivity contribution in [2.45, 2.75) is 40.7 Å². The van der Waals surface area contributed by atoms with Crippen LogP contribution in [0.3, 0.4) is 0 Å². The zero-order chi connectivity index (χ0) is 11.8. The van der Waals surface area contributed by atoms with Crippen LogP contribution in [0.2, 0.25) is 0 Å². The van der Waals surface area contributed by atoms with Crippen molar-refractivity contribution in [2.24, 2.45) is 11.3 Å². The maximum absolute atomic E-state index is 12.0. The van der Waals surface area contributed by atoms with E-state index in [0.29, 0.717) is 6.61 Å². The van der Waals surface area contributed by atoms with Crippen molar-refractivity contribution >= 4 is 12.0 Å². The largest absolute Gasteiger partial charge is 0.447 e. The van der Waals surface area contributed by atoms with Crippen molar-refractivity contribution in [2.75, 3.05) is 6.61 Å². The highest BCUT2D eigenvalue weighted by Gasteiger charge is 2.43. The summed E-state index contributed by atoms with van der Waals surface area (Å²) in [6.07, 6.45) is -0.506. The van der Waals surface area contributed by atoms with Crippen molar-refractivity contribution in [3.8, 4) is 0 Å². The quantitative estimate of drug-likeness (QED) is 0.669. The molecule has 1 aliphatic rings. The number of imide groups is 1. The van der Waals surface area contributed by atoms with Crippen LogP contribution in [-0.2, 0) is 9.53 Å². The van der Waals surface area contributed by atoms with Gasteiger partial charge in [-0.1, -0.05) is 34.6 Å². The van der Waals surface area contributed by atoms with E-state index in [4.69, 9.17) is 4.74 Å². The summed E-state index contributed by atoms with van der Waals surface area (Å²) in [5, 5.41) is 0. The molecule has 15 heavy (non-hydrogen) atoms. The van der Waals surface area contributed by atoms with Crippen molar-refractivity contribution in [1.29, 1.82) is 0 Å². The standard InChI is InChI=1S/C11H19NO3/c1-7(2)8-6-15-10(14)12(8)9(13)11(3,4)5/h7-8H,6H2,1-5H3/t8-/m1/s1. The summed E-state index contributed by atoms with van der Waals surface area (Å²) in [4.78, 5) is 24.7. The third-order valence-corrected chi connectivity index (χ3v) is 2.54. The lowest BCUT2D eigenvalue weighted by molar-refractivity contribution is -0.137. The fourth-order valence-electron chi connectivity index (χ4n) is 1.52. The Morgan fingerprint density at radius 3 is 2.40 bits per heavy atom. The van der Waals surface area contributed by atoms with E-state index in [9.17, 15) is 9.59 Å². The van der Waals surface area contributed by atoms with Crippen molar-refractivity contribution in [3.05, 3.63) is 0 Å². The van der Waals surface area contributed by atoms with Gasteiger partial charge >= 0.3 is 6.09 Å². The van der Waals surface area contributed by atoms with Gasteiger partial charge in [0, 0.05) is 5.41 Å². The second kappa shape index (κ2) is 3.83. The zero-order valence-corrected chi connectivity index (χ0v) is 10.0. The SMILES string of the molecule is CC(C)[C@H]1COC(=O)N1C(=O)C(C)(C)C. The van der Waals surface area contributed by atoms with Gasteiger partial charge in [0.15, 0.2) is 0 Å². The van der Waals surface area contributed by atoms with Gasteiger partial charge in [0.05, 0.1) is 6.04 Å². The predicted molar refractivity (Wildman–Crippen MR) is 56.3 cm³/mol. The molecule has 1 heterocycles. The van der Waals surface area contributed by atoms with E-state index in [1.807, 2.05) is 13.8 Å². The second-order valence-electron chi connectivity index (χ2n) is 5.31. The van der Waals surface area contributed by atoms with Crippen LogP contribution in [0.1, 0.15) is 34.6 Å². The molecular formula is C11H19NO3.